The lowest BCUT2D eigenvalue weighted by Crippen LogP contribution is -2.36. The summed E-state index contributed by atoms with van der Waals surface area (Å²) in [5, 5.41) is 15.2. The Kier molecular flexibility index (Phi) is 4.99. The van der Waals surface area contributed by atoms with Gasteiger partial charge in [0, 0.05) is 18.2 Å². The van der Waals surface area contributed by atoms with E-state index in [1.54, 1.807) is 7.11 Å². The van der Waals surface area contributed by atoms with Crippen LogP contribution in [0.3, 0.4) is 0 Å². The van der Waals surface area contributed by atoms with Gasteiger partial charge in [0.15, 0.2) is 0 Å². The van der Waals surface area contributed by atoms with E-state index in [4.69, 9.17) is 4.74 Å². The molecule has 0 amide bonds. The lowest BCUT2D eigenvalue weighted by molar-refractivity contribution is 0.210. The van der Waals surface area contributed by atoms with Crippen LogP contribution in [0.15, 0.2) is 36.4 Å². The van der Waals surface area contributed by atoms with Crippen LogP contribution in [0, 0.1) is 5.92 Å². The van der Waals surface area contributed by atoms with E-state index in [-0.39, 0.29) is 12.6 Å². The molecule has 2 N–H and O–H groups in total. The number of aliphatic hydroxyl groups is 1. The molecule has 2 aromatic carbocycles. The number of fused-ring (bicyclic) bond motifs is 1. The van der Waals surface area contributed by atoms with E-state index in [9.17, 15) is 5.11 Å². The summed E-state index contributed by atoms with van der Waals surface area (Å²) in [5.41, 5.74) is 1.14. The molecule has 20 heavy (non-hydrogen) atoms. The minimum Gasteiger partial charge on any atom is -0.496 e. The molecule has 2 aromatic rings. The van der Waals surface area contributed by atoms with E-state index in [0.29, 0.717) is 12.5 Å². The molecule has 0 heterocycles. The summed E-state index contributed by atoms with van der Waals surface area (Å²) in [6.07, 6.45) is 0. The first kappa shape index (κ1) is 14.8. The first-order chi connectivity index (χ1) is 9.67. The first-order valence-electron chi connectivity index (χ1n) is 7.06. The summed E-state index contributed by atoms with van der Waals surface area (Å²) < 4.78 is 5.48. The summed E-state index contributed by atoms with van der Waals surface area (Å²) in [7, 11) is 1.69. The molecule has 0 fully saturated rings. The van der Waals surface area contributed by atoms with E-state index >= 15 is 0 Å². The Morgan fingerprint density at radius 3 is 2.55 bits per heavy atom. The molecule has 0 saturated heterocycles. The van der Waals surface area contributed by atoms with Crippen LogP contribution in [0.5, 0.6) is 5.75 Å². The van der Waals surface area contributed by atoms with Crippen molar-refractivity contribution in [3.63, 3.8) is 0 Å². The molecule has 0 spiro atoms. The second kappa shape index (κ2) is 6.73. The molecule has 1 unspecified atom stereocenters. The van der Waals surface area contributed by atoms with E-state index < -0.39 is 0 Å². The number of hydrogen-bond donors (Lipinski definition) is 2. The van der Waals surface area contributed by atoms with Crippen molar-refractivity contribution >= 4 is 10.8 Å². The van der Waals surface area contributed by atoms with Crippen LogP contribution in [-0.2, 0) is 6.54 Å². The minimum atomic E-state index is 0.0960. The van der Waals surface area contributed by atoms with E-state index in [2.05, 4.69) is 37.4 Å². The molecule has 108 valence electrons. The zero-order valence-corrected chi connectivity index (χ0v) is 12.4. The highest BCUT2D eigenvalue weighted by Crippen LogP contribution is 2.28. The molecule has 0 aliphatic heterocycles. The lowest BCUT2D eigenvalue weighted by Gasteiger charge is -2.21. The first-order valence-corrected chi connectivity index (χ1v) is 7.06. The van der Waals surface area contributed by atoms with Gasteiger partial charge in [0.25, 0.3) is 0 Å². The Labute approximate surface area is 120 Å². The largest absolute Gasteiger partial charge is 0.496 e. The predicted octanol–water partition coefficient (Wildman–Crippen LogP) is 2.95. The SMILES string of the molecule is COc1ccc2ccccc2c1CNC(CO)C(C)C. The van der Waals surface area contributed by atoms with Gasteiger partial charge in [-0.25, -0.2) is 0 Å². The van der Waals surface area contributed by atoms with E-state index in [0.717, 1.165) is 11.3 Å². The van der Waals surface area contributed by atoms with Crippen LogP contribution in [0.25, 0.3) is 10.8 Å². The summed E-state index contributed by atoms with van der Waals surface area (Å²) in [6.45, 7) is 5.04. The Hall–Kier alpha value is -1.58. The van der Waals surface area contributed by atoms with E-state index in [1.165, 1.54) is 10.8 Å². The third-order valence-electron chi connectivity index (χ3n) is 3.76. The van der Waals surface area contributed by atoms with Gasteiger partial charge in [-0.2, -0.15) is 0 Å². The molecule has 3 heteroatoms. The fourth-order valence-electron chi connectivity index (χ4n) is 2.43. The third-order valence-corrected chi connectivity index (χ3v) is 3.76. The van der Waals surface area contributed by atoms with Gasteiger partial charge in [-0.1, -0.05) is 44.2 Å². The summed E-state index contributed by atoms with van der Waals surface area (Å²) in [6, 6.07) is 12.5. The molecule has 3 nitrogen and oxygen atoms in total. The number of methoxy groups -OCH3 is 1. The molecule has 0 bridgehead atoms. The topological polar surface area (TPSA) is 41.5 Å². The second-order valence-corrected chi connectivity index (χ2v) is 5.38. The van der Waals surface area contributed by atoms with Crippen molar-refractivity contribution in [2.24, 2.45) is 5.92 Å². The van der Waals surface area contributed by atoms with Crippen molar-refractivity contribution in [2.45, 2.75) is 26.4 Å². The minimum absolute atomic E-state index is 0.0960. The summed E-state index contributed by atoms with van der Waals surface area (Å²) in [5.74, 6) is 1.28. The van der Waals surface area contributed by atoms with Crippen LogP contribution in [0.1, 0.15) is 19.4 Å². The predicted molar refractivity (Wildman–Crippen MR) is 83.1 cm³/mol. The van der Waals surface area contributed by atoms with Crippen LogP contribution < -0.4 is 10.1 Å². The number of nitrogens with one attached hydrogen (secondary N) is 1. The maximum atomic E-state index is 9.42. The fraction of sp³-hybridized carbons (Fsp3) is 0.412. The number of aliphatic hydroxyl groups excluding tert-OH is 1. The smallest absolute Gasteiger partial charge is 0.123 e. The molecule has 0 aliphatic carbocycles. The maximum Gasteiger partial charge on any atom is 0.123 e. The number of hydrogen-bond acceptors (Lipinski definition) is 3. The van der Waals surface area contributed by atoms with Gasteiger partial charge in [0.2, 0.25) is 0 Å². The molecular weight excluding hydrogens is 250 g/mol. The highest BCUT2D eigenvalue weighted by Gasteiger charge is 2.14. The Balaban J connectivity index is 2.31. The van der Waals surface area contributed by atoms with Gasteiger partial charge in [0.1, 0.15) is 5.75 Å². The van der Waals surface area contributed by atoms with Crippen LogP contribution in [-0.4, -0.2) is 24.9 Å². The summed E-state index contributed by atoms with van der Waals surface area (Å²) >= 11 is 0. The normalized spacial score (nSPS) is 12.8. The average Bonchev–Trinajstić information content (AvgIpc) is 2.47. The Morgan fingerprint density at radius 2 is 1.90 bits per heavy atom. The lowest BCUT2D eigenvalue weighted by atomic mass is 10.0. The third kappa shape index (κ3) is 3.11. The zero-order valence-electron chi connectivity index (χ0n) is 12.4. The Morgan fingerprint density at radius 1 is 1.15 bits per heavy atom. The van der Waals surface area contributed by atoms with Gasteiger partial charge in [-0.05, 0) is 22.8 Å². The van der Waals surface area contributed by atoms with E-state index in [1.807, 2.05) is 18.2 Å². The second-order valence-electron chi connectivity index (χ2n) is 5.38. The molecule has 1 atom stereocenters. The number of rotatable bonds is 6. The molecular formula is C17H23NO2. The van der Waals surface area contributed by atoms with Crippen molar-refractivity contribution in [1.82, 2.24) is 5.32 Å². The molecule has 2 rings (SSSR count). The highest BCUT2D eigenvalue weighted by atomic mass is 16.5. The molecule has 0 aromatic heterocycles. The van der Waals surface area contributed by atoms with Crippen molar-refractivity contribution < 1.29 is 9.84 Å². The van der Waals surface area contributed by atoms with Gasteiger partial charge in [-0.15, -0.1) is 0 Å². The number of benzene rings is 2. The van der Waals surface area contributed by atoms with Crippen molar-refractivity contribution in [3.05, 3.63) is 42.0 Å². The highest BCUT2D eigenvalue weighted by molar-refractivity contribution is 5.87. The van der Waals surface area contributed by atoms with Gasteiger partial charge >= 0.3 is 0 Å². The van der Waals surface area contributed by atoms with Crippen LogP contribution in [0.4, 0.5) is 0 Å². The Bertz CT molecular complexity index is 566. The van der Waals surface area contributed by atoms with Crippen molar-refractivity contribution in [2.75, 3.05) is 13.7 Å². The van der Waals surface area contributed by atoms with Crippen LogP contribution in [0.2, 0.25) is 0 Å². The standard InChI is InChI=1S/C17H23NO2/c1-12(2)16(11-19)18-10-15-14-7-5-4-6-13(14)8-9-17(15)20-3/h4-9,12,16,18-19H,10-11H2,1-3H3. The van der Waals surface area contributed by atoms with Crippen molar-refractivity contribution in [3.8, 4) is 5.75 Å². The average molecular weight is 273 g/mol. The molecule has 0 aliphatic rings. The quantitative estimate of drug-likeness (QED) is 0.850. The molecule has 0 saturated carbocycles. The maximum absolute atomic E-state index is 9.42. The van der Waals surface area contributed by atoms with Crippen LogP contribution >= 0.6 is 0 Å². The van der Waals surface area contributed by atoms with Crippen molar-refractivity contribution in [1.29, 1.82) is 0 Å². The fourth-order valence-corrected chi connectivity index (χ4v) is 2.43. The summed E-state index contributed by atoms with van der Waals surface area (Å²) in [4.78, 5) is 0. The molecule has 0 radical (unpaired) electrons. The van der Waals surface area contributed by atoms with Gasteiger partial charge in [0.05, 0.1) is 13.7 Å². The monoisotopic (exact) mass is 273 g/mol. The zero-order chi connectivity index (χ0) is 14.5. The number of ether oxygens (including phenoxy) is 1. The van der Waals surface area contributed by atoms with Gasteiger partial charge in [-0.3, -0.25) is 0 Å². The van der Waals surface area contributed by atoms with Gasteiger partial charge < -0.3 is 15.2 Å².